The quantitative estimate of drug-likeness (QED) is 0.407. The standard InChI is InChI=1S/C18H28NO5PS/c1-7-16(5)19(14-17(6)25(20,23-8-2)24-9-3)26(21,22)18-12-10-15(4)11-13-18/h7,10-13,16H,1,6,8-9,14H2,2-5H3. The van der Waals surface area contributed by atoms with Gasteiger partial charge in [0, 0.05) is 17.9 Å². The summed E-state index contributed by atoms with van der Waals surface area (Å²) in [5.41, 5.74) is 0.953. The fourth-order valence-corrected chi connectivity index (χ4v) is 5.38. The summed E-state index contributed by atoms with van der Waals surface area (Å²) in [6.45, 7) is 14.5. The van der Waals surface area contributed by atoms with Gasteiger partial charge in [-0.2, -0.15) is 4.31 Å². The maximum absolute atomic E-state index is 13.1. The summed E-state index contributed by atoms with van der Waals surface area (Å²) in [4.78, 5) is 0.146. The van der Waals surface area contributed by atoms with Gasteiger partial charge in [0.2, 0.25) is 10.0 Å². The van der Waals surface area contributed by atoms with Gasteiger partial charge in [-0.25, -0.2) is 8.42 Å². The third-order valence-electron chi connectivity index (χ3n) is 3.75. The number of hydrogen-bond acceptors (Lipinski definition) is 5. The van der Waals surface area contributed by atoms with Crippen LogP contribution in [-0.4, -0.2) is 38.5 Å². The molecule has 8 heteroatoms. The van der Waals surface area contributed by atoms with Crippen LogP contribution in [0.1, 0.15) is 26.3 Å². The molecule has 6 nitrogen and oxygen atoms in total. The number of benzene rings is 1. The van der Waals surface area contributed by atoms with Gasteiger partial charge >= 0.3 is 7.60 Å². The van der Waals surface area contributed by atoms with E-state index in [4.69, 9.17) is 9.05 Å². The van der Waals surface area contributed by atoms with E-state index >= 15 is 0 Å². The predicted molar refractivity (Wildman–Crippen MR) is 105 cm³/mol. The first-order valence-corrected chi connectivity index (χ1v) is 11.4. The molecule has 0 fully saturated rings. The van der Waals surface area contributed by atoms with E-state index < -0.39 is 23.7 Å². The van der Waals surface area contributed by atoms with Crippen molar-refractivity contribution in [1.82, 2.24) is 4.31 Å². The van der Waals surface area contributed by atoms with Crippen LogP contribution in [0, 0.1) is 6.92 Å². The lowest BCUT2D eigenvalue weighted by atomic mass is 10.2. The molecule has 146 valence electrons. The van der Waals surface area contributed by atoms with E-state index in [9.17, 15) is 13.0 Å². The molecule has 1 unspecified atom stereocenters. The molecule has 0 aliphatic heterocycles. The Morgan fingerprint density at radius 3 is 2.15 bits per heavy atom. The van der Waals surface area contributed by atoms with Crippen LogP contribution < -0.4 is 0 Å². The fraction of sp³-hybridized carbons (Fsp3) is 0.444. The Kier molecular flexibility index (Phi) is 8.44. The Balaban J connectivity index is 3.26. The van der Waals surface area contributed by atoms with E-state index in [1.165, 1.54) is 10.4 Å². The van der Waals surface area contributed by atoms with Crippen LogP contribution in [0.15, 0.2) is 53.7 Å². The Morgan fingerprint density at radius 2 is 1.73 bits per heavy atom. The molecule has 0 N–H and O–H groups in total. The lowest BCUT2D eigenvalue weighted by Gasteiger charge is -2.29. The molecule has 1 rings (SSSR count). The zero-order valence-electron chi connectivity index (χ0n) is 15.8. The van der Waals surface area contributed by atoms with Crippen molar-refractivity contribution in [3.63, 3.8) is 0 Å². The second kappa shape index (κ2) is 9.62. The average Bonchev–Trinajstić information content (AvgIpc) is 2.59. The molecule has 0 spiro atoms. The van der Waals surface area contributed by atoms with Gasteiger partial charge < -0.3 is 9.05 Å². The molecule has 0 saturated carbocycles. The minimum atomic E-state index is -3.85. The first-order valence-electron chi connectivity index (χ1n) is 8.40. The van der Waals surface area contributed by atoms with Crippen LogP contribution in [0.25, 0.3) is 0 Å². The number of sulfonamides is 1. The van der Waals surface area contributed by atoms with E-state index in [1.54, 1.807) is 45.0 Å². The normalized spacial score (nSPS) is 13.6. The van der Waals surface area contributed by atoms with Gasteiger partial charge in [-0.3, -0.25) is 4.57 Å². The molecule has 0 aliphatic carbocycles. The maximum Gasteiger partial charge on any atom is 0.358 e. The predicted octanol–water partition coefficient (Wildman–Crippen LogP) is 4.34. The monoisotopic (exact) mass is 401 g/mol. The highest BCUT2D eigenvalue weighted by Crippen LogP contribution is 2.55. The highest BCUT2D eigenvalue weighted by atomic mass is 32.2. The van der Waals surface area contributed by atoms with E-state index in [1.807, 2.05) is 6.92 Å². The molecule has 0 aromatic heterocycles. The number of aryl methyl sites for hydroxylation is 1. The summed E-state index contributed by atoms with van der Waals surface area (Å²) in [7, 11) is -7.46. The Bertz CT molecular complexity index is 763. The molecule has 1 aromatic carbocycles. The van der Waals surface area contributed by atoms with Crippen molar-refractivity contribution in [2.24, 2.45) is 0 Å². The van der Waals surface area contributed by atoms with Crippen molar-refractivity contribution in [3.8, 4) is 0 Å². The highest BCUT2D eigenvalue weighted by Gasteiger charge is 2.35. The van der Waals surface area contributed by atoms with Gasteiger partial charge in [0.15, 0.2) is 0 Å². The first-order chi connectivity index (χ1) is 12.1. The molecule has 1 atom stereocenters. The molecule has 0 aliphatic rings. The van der Waals surface area contributed by atoms with Crippen LogP contribution in [0.3, 0.4) is 0 Å². The van der Waals surface area contributed by atoms with Gasteiger partial charge in [0.05, 0.1) is 18.1 Å². The second-order valence-corrected chi connectivity index (χ2v) is 9.77. The van der Waals surface area contributed by atoms with Gasteiger partial charge in [-0.1, -0.05) is 30.4 Å². The van der Waals surface area contributed by atoms with Crippen molar-refractivity contribution < 1.29 is 22.0 Å². The summed E-state index contributed by atoms with van der Waals surface area (Å²) < 4.78 is 50.8. The Morgan fingerprint density at radius 1 is 1.23 bits per heavy atom. The van der Waals surface area contributed by atoms with E-state index in [-0.39, 0.29) is 30.0 Å². The number of nitrogens with zero attached hydrogens (tertiary/aromatic N) is 1. The first kappa shape index (κ1) is 22.8. The number of hydrogen-bond donors (Lipinski definition) is 0. The van der Waals surface area contributed by atoms with E-state index in [2.05, 4.69) is 13.2 Å². The summed E-state index contributed by atoms with van der Waals surface area (Å²) in [5.74, 6) is 0. The molecule has 1 aromatic rings. The van der Waals surface area contributed by atoms with Gasteiger partial charge in [0.25, 0.3) is 0 Å². The molecular formula is C18H28NO5PS. The Labute approximate surface area is 157 Å². The topological polar surface area (TPSA) is 72.9 Å². The fourth-order valence-electron chi connectivity index (χ4n) is 2.24. The number of rotatable bonds is 11. The lowest BCUT2D eigenvalue weighted by molar-refractivity contribution is 0.224. The Hall–Kier alpha value is -1.24. The molecule has 0 bridgehead atoms. The molecule has 0 saturated heterocycles. The van der Waals surface area contributed by atoms with E-state index in [0.717, 1.165) is 5.56 Å². The van der Waals surface area contributed by atoms with Crippen molar-refractivity contribution >= 4 is 17.6 Å². The zero-order valence-corrected chi connectivity index (χ0v) is 17.6. The van der Waals surface area contributed by atoms with Gasteiger partial charge in [0.1, 0.15) is 0 Å². The minimum absolute atomic E-state index is 0.0885. The molecular weight excluding hydrogens is 373 g/mol. The average molecular weight is 401 g/mol. The van der Waals surface area contributed by atoms with Gasteiger partial charge in [-0.15, -0.1) is 6.58 Å². The SMILES string of the molecule is C=CC(C)N(CC(=C)P(=O)(OCC)OCC)S(=O)(=O)c1ccc(C)cc1. The van der Waals surface area contributed by atoms with Crippen LogP contribution in [-0.2, 0) is 23.6 Å². The maximum atomic E-state index is 13.1. The smallest absolute Gasteiger partial charge is 0.306 e. The van der Waals surface area contributed by atoms with Crippen molar-refractivity contribution in [3.05, 3.63) is 54.4 Å². The summed E-state index contributed by atoms with van der Waals surface area (Å²) in [6, 6.07) is 6.00. The molecule has 0 radical (unpaired) electrons. The molecule has 0 amide bonds. The summed E-state index contributed by atoms with van der Waals surface area (Å²) >= 11 is 0. The molecule has 0 heterocycles. The van der Waals surface area contributed by atoms with Crippen LogP contribution in [0.2, 0.25) is 0 Å². The molecule has 26 heavy (non-hydrogen) atoms. The minimum Gasteiger partial charge on any atom is -0.306 e. The third-order valence-corrected chi connectivity index (χ3v) is 7.81. The second-order valence-electron chi connectivity index (χ2n) is 5.74. The summed E-state index contributed by atoms with van der Waals surface area (Å²) in [5, 5.41) is 0.0885. The van der Waals surface area contributed by atoms with Crippen molar-refractivity contribution in [2.75, 3.05) is 19.8 Å². The van der Waals surface area contributed by atoms with Crippen molar-refractivity contribution in [2.45, 2.75) is 38.6 Å². The van der Waals surface area contributed by atoms with Crippen LogP contribution in [0.5, 0.6) is 0 Å². The largest absolute Gasteiger partial charge is 0.358 e. The summed E-state index contributed by atoms with van der Waals surface area (Å²) in [6.07, 6.45) is 1.51. The van der Waals surface area contributed by atoms with E-state index in [0.29, 0.717) is 0 Å². The zero-order chi connectivity index (χ0) is 20.0. The third kappa shape index (κ3) is 5.38. The van der Waals surface area contributed by atoms with Crippen LogP contribution in [0.4, 0.5) is 0 Å². The lowest BCUT2D eigenvalue weighted by Crippen LogP contribution is -2.39. The van der Waals surface area contributed by atoms with Crippen molar-refractivity contribution in [1.29, 1.82) is 0 Å². The van der Waals surface area contributed by atoms with Crippen LogP contribution >= 0.6 is 7.60 Å². The van der Waals surface area contributed by atoms with Gasteiger partial charge in [-0.05, 0) is 39.8 Å². The highest BCUT2D eigenvalue weighted by molar-refractivity contribution is 7.89.